The average molecular weight is 261 g/mol. The first-order valence-electron chi connectivity index (χ1n) is 6.67. The lowest BCUT2D eigenvalue weighted by Gasteiger charge is -2.24. The van der Waals surface area contributed by atoms with Gasteiger partial charge in [0.2, 0.25) is 0 Å². The molecule has 0 radical (unpaired) electrons. The molecule has 3 atom stereocenters. The molecule has 0 aromatic carbocycles. The molecule has 5 heteroatoms. The van der Waals surface area contributed by atoms with E-state index in [-0.39, 0.29) is 12.0 Å². The van der Waals surface area contributed by atoms with Gasteiger partial charge in [-0.05, 0) is 31.4 Å². The van der Waals surface area contributed by atoms with E-state index in [0.29, 0.717) is 24.4 Å². The summed E-state index contributed by atoms with van der Waals surface area (Å²) >= 11 is 0. The van der Waals surface area contributed by atoms with E-state index in [2.05, 4.69) is 16.4 Å². The highest BCUT2D eigenvalue weighted by Gasteiger charge is 2.40. The quantitative estimate of drug-likeness (QED) is 0.907. The number of hydrogen-bond acceptors (Lipinski definition) is 4. The highest BCUT2D eigenvalue weighted by molar-refractivity contribution is 5.53. The molecule has 1 aromatic rings. The number of pyridine rings is 1. The molecule has 1 saturated carbocycles. The maximum Gasteiger partial charge on any atom is 0.144 e. The average Bonchev–Trinajstić information content (AvgIpc) is 3.17. The summed E-state index contributed by atoms with van der Waals surface area (Å²) in [6.45, 7) is 1.42. The molecule has 1 aromatic heterocycles. The zero-order valence-electron chi connectivity index (χ0n) is 10.6. The highest BCUT2D eigenvalue weighted by atomic mass is 19.1. The van der Waals surface area contributed by atoms with Crippen LogP contribution in [0.3, 0.4) is 0 Å². The van der Waals surface area contributed by atoms with Gasteiger partial charge in [0.1, 0.15) is 18.1 Å². The van der Waals surface area contributed by atoms with Crippen LogP contribution in [-0.2, 0) is 4.74 Å². The second kappa shape index (κ2) is 5.14. The van der Waals surface area contributed by atoms with Crippen molar-refractivity contribution < 1.29 is 9.13 Å². The summed E-state index contributed by atoms with van der Waals surface area (Å²) in [4.78, 5) is 4.42. The van der Waals surface area contributed by atoms with E-state index in [0.717, 1.165) is 25.1 Å². The largest absolute Gasteiger partial charge is 0.379 e. The highest BCUT2D eigenvalue weighted by Crippen LogP contribution is 2.43. The minimum atomic E-state index is -0.772. The Bertz CT molecular complexity index is 508. The number of ether oxygens (including phenoxy) is 1. The van der Waals surface area contributed by atoms with Gasteiger partial charge < -0.3 is 10.1 Å². The Morgan fingerprint density at radius 1 is 1.47 bits per heavy atom. The smallest absolute Gasteiger partial charge is 0.144 e. The SMILES string of the molecule is N#Cc1ccc([C@@H]2C[C@H]2F)nc1N[C@@H]1CCCOC1. The number of anilines is 1. The third kappa shape index (κ3) is 2.69. The second-order valence-corrected chi connectivity index (χ2v) is 5.16. The molecule has 19 heavy (non-hydrogen) atoms. The summed E-state index contributed by atoms with van der Waals surface area (Å²) in [6, 6.07) is 5.78. The standard InChI is InChI=1S/C14H16FN3O/c15-12-6-11(12)13-4-3-9(7-16)14(18-13)17-10-2-1-5-19-8-10/h3-4,10-12H,1-2,5-6,8H2,(H,17,18)/t10-,11-,12-/m1/s1. The van der Waals surface area contributed by atoms with Crippen LogP contribution in [0.15, 0.2) is 12.1 Å². The number of nitrogens with zero attached hydrogens (tertiary/aromatic N) is 2. The molecule has 1 aliphatic carbocycles. The summed E-state index contributed by atoms with van der Waals surface area (Å²) in [5, 5.41) is 12.4. The number of hydrogen-bond donors (Lipinski definition) is 1. The zero-order chi connectivity index (χ0) is 13.2. The molecule has 1 N–H and O–H groups in total. The van der Waals surface area contributed by atoms with Crippen LogP contribution in [0.1, 0.15) is 36.4 Å². The maximum atomic E-state index is 13.1. The van der Waals surface area contributed by atoms with Gasteiger partial charge in [0.25, 0.3) is 0 Å². The maximum absolute atomic E-state index is 13.1. The van der Waals surface area contributed by atoms with Crippen molar-refractivity contribution in [3.8, 4) is 6.07 Å². The lowest BCUT2D eigenvalue weighted by Crippen LogP contribution is -2.30. The fourth-order valence-electron chi connectivity index (χ4n) is 2.40. The molecule has 3 rings (SSSR count). The van der Waals surface area contributed by atoms with Crippen LogP contribution in [0.4, 0.5) is 10.2 Å². The minimum absolute atomic E-state index is 0.0871. The summed E-state index contributed by atoms with van der Waals surface area (Å²) in [6.07, 6.45) is 1.79. The molecule has 0 amide bonds. The molecule has 1 aliphatic heterocycles. The van der Waals surface area contributed by atoms with E-state index in [1.807, 2.05) is 0 Å². The molecule has 1 saturated heterocycles. The number of aromatic nitrogens is 1. The van der Waals surface area contributed by atoms with Crippen LogP contribution in [0.25, 0.3) is 0 Å². The summed E-state index contributed by atoms with van der Waals surface area (Å²) in [5.74, 6) is 0.477. The van der Waals surface area contributed by atoms with Gasteiger partial charge >= 0.3 is 0 Å². The van der Waals surface area contributed by atoms with E-state index in [1.165, 1.54) is 0 Å². The molecular formula is C14H16FN3O. The van der Waals surface area contributed by atoms with Crippen LogP contribution in [-0.4, -0.2) is 30.4 Å². The van der Waals surface area contributed by atoms with Crippen molar-refractivity contribution in [3.63, 3.8) is 0 Å². The summed E-state index contributed by atoms with van der Waals surface area (Å²) in [7, 11) is 0. The number of nitrogens with one attached hydrogen (secondary N) is 1. The van der Waals surface area contributed by atoms with Crippen molar-refractivity contribution in [1.82, 2.24) is 4.98 Å². The molecule has 2 aliphatic rings. The third-order valence-corrected chi connectivity index (χ3v) is 3.63. The van der Waals surface area contributed by atoms with Gasteiger partial charge in [-0.15, -0.1) is 0 Å². The van der Waals surface area contributed by atoms with Crippen LogP contribution >= 0.6 is 0 Å². The minimum Gasteiger partial charge on any atom is -0.379 e. The van der Waals surface area contributed by atoms with Gasteiger partial charge in [-0.3, -0.25) is 0 Å². The first kappa shape index (κ1) is 12.4. The number of rotatable bonds is 3. The number of nitriles is 1. The van der Waals surface area contributed by atoms with Gasteiger partial charge in [-0.25, -0.2) is 9.37 Å². The second-order valence-electron chi connectivity index (χ2n) is 5.16. The first-order chi connectivity index (χ1) is 9.28. The van der Waals surface area contributed by atoms with Crippen LogP contribution in [0.5, 0.6) is 0 Å². The van der Waals surface area contributed by atoms with Gasteiger partial charge in [-0.1, -0.05) is 0 Å². The fourth-order valence-corrected chi connectivity index (χ4v) is 2.40. The monoisotopic (exact) mass is 261 g/mol. The Kier molecular flexibility index (Phi) is 3.34. The van der Waals surface area contributed by atoms with Crippen LogP contribution in [0.2, 0.25) is 0 Å². The van der Waals surface area contributed by atoms with Gasteiger partial charge in [0, 0.05) is 18.2 Å². The summed E-state index contributed by atoms with van der Waals surface area (Å²) < 4.78 is 18.5. The predicted molar refractivity (Wildman–Crippen MR) is 68.7 cm³/mol. The van der Waals surface area contributed by atoms with E-state index >= 15 is 0 Å². The fraction of sp³-hybridized carbons (Fsp3) is 0.571. The van der Waals surface area contributed by atoms with Crippen molar-refractivity contribution >= 4 is 5.82 Å². The van der Waals surface area contributed by atoms with Gasteiger partial charge in [-0.2, -0.15) is 5.26 Å². The lowest BCUT2D eigenvalue weighted by molar-refractivity contribution is 0.0875. The van der Waals surface area contributed by atoms with Crippen molar-refractivity contribution in [1.29, 1.82) is 5.26 Å². The zero-order valence-corrected chi connectivity index (χ0v) is 10.6. The van der Waals surface area contributed by atoms with Crippen LogP contribution in [0, 0.1) is 11.3 Å². The molecule has 2 heterocycles. The molecule has 0 spiro atoms. The Morgan fingerprint density at radius 2 is 2.32 bits per heavy atom. The van der Waals surface area contributed by atoms with Crippen LogP contribution < -0.4 is 5.32 Å². The predicted octanol–water partition coefficient (Wildman–Crippen LogP) is 2.37. The van der Waals surface area contributed by atoms with Crippen molar-refractivity contribution in [3.05, 3.63) is 23.4 Å². The third-order valence-electron chi connectivity index (χ3n) is 3.63. The normalized spacial score (nSPS) is 29.6. The Balaban J connectivity index is 1.79. The van der Waals surface area contributed by atoms with Crippen molar-refractivity contribution in [2.24, 2.45) is 0 Å². The van der Waals surface area contributed by atoms with Crippen molar-refractivity contribution in [2.75, 3.05) is 18.5 Å². The first-order valence-corrected chi connectivity index (χ1v) is 6.67. The van der Waals surface area contributed by atoms with E-state index in [4.69, 9.17) is 10.00 Å². The molecule has 100 valence electrons. The lowest BCUT2D eigenvalue weighted by atomic mass is 10.1. The van der Waals surface area contributed by atoms with E-state index < -0.39 is 6.17 Å². The number of halogens is 1. The van der Waals surface area contributed by atoms with E-state index in [1.54, 1.807) is 12.1 Å². The molecule has 4 nitrogen and oxygen atoms in total. The Morgan fingerprint density at radius 3 is 2.95 bits per heavy atom. The van der Waals surface area contributed by atoms with Gasteiger partial charge in [0.05, 0.1) is 18.2 Å². The topological polar surface area (TPSA) is 57.9 Å². The Labute approximate surface area is 111 Å². The van der Waals surface area contributed by atoms with Crippen molar-refractivity contribution in [2.45, 2.75) is 37.4 Å². The Hall–Kier alpha value is -1.67. The number of alkyl halides is 1. The van der Waals surface area contributed by atoms with Gasteiger partial charge in [0.15, 0.2) is 0 Å². The molecule has 0 bridgehead atoms. The molecular weight excluding hydrogens is 245 g/mol. The van der Waals surface area contributed by atoms with E-state index in [9.17, 15) is 4.39 Å². The molecule has 2 fully saturated rings. The molecule has 0 unspecified atom stereocenters. The summed E-state index contributed by atoms with van der Waals surface area (Å²) in [5.41, 5.74) is 1.25.